The fourth-order valence-corrected chi connectivity index (χ4v) is 1.78. The average Bonchev–Trinajstić information content (AvgIpc) is 2.42. The highest BCUT2D eigenvalue weighted by Crippen LogP contribution is 2.35. The van der Waals surface area contributed by atoms with Crippen molar-refractivity contribution in [3.05, 3.63) is 62.9 Å². The average molecular weight is 312 g/mol. The van der Waals surface area contributed by atoms with Crippen LogP contribution in [-0.4, -0.2) is 16.0 Å². The summed E-state index contributed by atoms with van der Waals surface area (Å²) in [6, 6.07) is 6.80. The first kappa shape index (κ1) is 14.7. The Bertz CT molecular complexity index is 734. The minimum atomic E-state index is -1.36. The highest BCUT2D eigenvalue weighted by atomic mass is 35.5. The summed E-state index contributed by atoms with van der Waals surface area (Å²) in [5.41, 5.74) is -0.943. The van der Waals surface area contributed by atoms with E-state index in [-0.39, 0.29) is 16.3 Å². The van der Waals surface area contributed by atoms with Crippen LogP contribution in [0, 0.1) is 15.9 Å². The van der Waals surface area contributed by atoms with Crippen molar-refractivity contribution in [2.24, 2.45) is 0 Å². The van der Waals surface area contributed by atoms with E-state index in [4.69, 9.17) is 21.4 Å². The van der Waals surface area contributed by atoms with E-state index in [2.05, 4.69) is 0 Å². The first-order valence-electron chi connectivity index (χ1n) is 5.53. The number of halogens is 2. The van der Waals surface area contributed by atoms with Crippen molar-refractivity contribution < 1.29 is 24.0 Å². The predicted octanol–water partition coefficient (Wildman–Crippen LogP) is 3.88. The Morgan fingerprint density at radius 2 is 2.05 bits per heavy atom. The lowest BCUT2D eigenvalue weighted by molar-refractivity contribution is -0.385. The molecule has 0 radical (unpaired) electrons. The van der Waals surface area contributed by atoms with Gasteiger partial charge in [-0.2, -0.15) is 0 Å². The molecular weight excluding hydrogens is 305 g/mol. The van der Waals surface area contributed by atoms with Crippen molar-refractivity contribution >= 4 is 23.3 Å². The van der Waals surface area contributed by atoms with Gasteiger partial charge in [-0.05, 0) is 24.3 Å². The molecule has 8 heteroatoms. The van der Waals surface area contributed by atoms with Crippen molar-refractivity contribution in [2.45, 2.75) is 0 Å². The molecule has 0 unspecified atom stereocenters. The molecule has 0 aliphatic heterocycles. The van der Waals surface area contributed by atoms with Crippen LogP contribution in [0.5, 0.6) is 11.5 Å². The first-order chi connectivity index (χ1) is 9.90. The van der Waals surface area contributed by atoms with Crippen molar-refractivity contribution in [1.29, 1.82) is 0 Å². The van der Waals surface area contributed by atoms with E-state index in [1.807, 2.05) is 0 Å². The molecule has 108 valence electrons. The van der Waals surface area contributed by atoms with Crippen molar-refractivity contribution in [2.75, 3.05) is 0 Å². The summed E-state index contributed by atoms with van der Waals surface area (Å²) in [7, 11) is 0. The molecule has 0 aliphatic carbocycles. The molecule has 2 aromatic rings. The molecule has 0 amide bonds. The number of para-hydroxylation sites is 1. The van der Waals surface area contributed by atoms with Gasteiger partial charge in [0, 0.05) is 11.1 Å². The second-order valence-corrected chi connectivity index (χ2v) is 4.33. The monoisotopic (exact) mass is 311 g/mol. The molecule has 0 saturated heterocycles. The van der Waals surface area contributed by atoms with Gasteiger partial charge >= 0.3 is 11.7 Å². The van der Waals surface area contributed by atoms with Gasteiger partial charge in [0.15, 0.2) is 5.82 Å². The number of hydrogen-bond donors (Lipinski definition) is 1. The summed E-state index contributed by atoms with van der Waals surface area (Å²) in [5.74, 6) is -3.24. The molecule has 2 rings (SSSR count). The smallest absolute Gasteiger partial charge is 0.339 e. The van der Waals surface area contributed by atoms with Crippen LogP contribution in [0.1, 0.15) is 10.4 Å². The van der Waals surface area contributed by atoms with E-state index in [1.54, 1.807) is 0 Å². The van der Waals surface area contributed by atoms with Crippen LogP contribution in [-0.2, 0) is 0 Å². The number of aromatic carboxylic acids is 1. The van der Waals surface area contributed by atoms with E-state index in [9.17, 15) is 19.3 Å². The Morgan fingerprint density at radius 1 is 1.33 bits per heavy atom. The van der Waals surface area contributed by atoms with E-state index in [0.717, 1.165) is 24.3 Å². The number of nitro benzene ring substituents is 1. The zero-order chi connectivity index (χ0) is 15.6. The number of rotatable bonds is 4. The van der Waals surface area contributed by atoms with Crippen LogP contribution in [0.3, 0.4) is 0 Å². The fraction of sp³-hybridized carbons (Fsp3) is 0. The maximum atomic E-state index is 13.7. The number of hydrogen-bond acceptors (Lipinski definition) is 4. The van der Waals surface area contributed by atoms with E-state index in [0.29, 0.717) is 0 Å². The molecule has 0 aromatic heterocycles. The number of carboxylic acid groups (broad SMARTS) is 1. The highest BCUT2D eigenvalue weighted by molar-refractivity contribution is 6.31. The third-order valence-corrected chi connectivity index (χ3v) is 2.76. The van der Waals surface area contributed by atoms with Gasteiger partial charge in [0.1, 0.15) is 11.3 Å². The highest BCUT2D eigenvalue weighted by Gasteiger charge is 2.22. The van der Waals surface area contributed by atoms with Crippen molar-refractivity contribution in [3.8, 4) is 11.5 Å². The van der Waals surface area contributed by atoms with Crippen LogP contribution in [0.25, 0.3) is 0 Å². The van der Waals surface area contributed by atoms with E-state index >= 15 is 0 Å². The van der Waals surface area contributed by atoms with Gasteiger partial charge in [0.25, 0.3) is 0 Å². The maximum Gasteiger partial charge on any atom is 0.339 e. The molecule has 0 atom stereocenters. The van der Waals surface area contributed by atoms with E-state index in [1.165, 1.54) is 12.1 Å². The largest absolute Gasteiger partial charge is 0.478 e. The second kappa shape index (κ2) is 5.76. The van der Waals surface area contributed by atoms with Crippen LogP contribution in [0.4, 0.5) is 10.1 Å². The molecule has 2 aromatic carbocycles. The lowest BCUT2D eigenvalue weighted by Gasteiger charge is -2.10. The van der Waals surface area contributed by atoms with Crippen molar-refractivity contribution in [1.82, 2.24) is 0 Å². The molecule has 1 N–H and O–H groups in total. The SMILES string of the molecule is O=C(O)c1cc(Cl)ccc1Oc1c(F)cccc1[N+](=O)[O-]. The Balaban J connectivity index is 2.53. The predicted molar refractivity (Wildman–Crippen MR) is 71.5 cm³/mol. The number of ether oxygens (including phenoxy) is 1. The van der Waals surface area contributed by atoms with Gasteiger partial charge in [0.05, 0.1) is 4.92 Å². The minimum Gasteiger partial charge on any atom is -0.478 e. The molecule has 21 heavy (non-hydrogen) atoms. The number of carboxylic acids is 1. The van der Waals surface area contributed by atoms with Crippen LogP contribution in [0.2, 0.25) is 5.02 Å². The summed E-state index contributed by atoms with van der Waals surface area (Å²) < 4.78 is 18.8. The quantitative estimate of drug-likeness (QED) is 0.683. The van der Waals surface area contributed by atoms with Gasteiger partial charge in [-0.15, -0.1) is 0 Å². The van der Waals surface area contributed by atoms with Crippen LogP contribution < -0.4 is 4.74 Å². The minimum absolute atomic E-state index is 0.141. The standard InChI is InChI=1S/C13H7ClFNO5/c14-7-4-5-11(8(6-7)13(17)18)21-12-9(15)2-1-3-10(12)16(19)20/h1-6H,(H,17,18). The molecule has 6 nitrogen and oxygen atoms in total. The molecule has 0 bridgehead atoms. The summed E-state index contributed by atoms with van der Waals surface area (Å²) in [6.07, 6.45) is 0. The topological polar surface area (TPSA) is 89.7 Å². The second-order valence-electron chi connectivity index (χ2n) is 3.89. The summed E-state index contributed by atoms with van der Waals surface area (Å²) in [5, 5.41) is 20.0. The summed E-state index contributed by atoms with van der Waals surface area (Å²) in [4.78, 5) is 21.1. The lowest BCUT2D eigenvalue weighted by atomic mass is 10.2. The molecule has 0 spiro atoms. The third-order valence-electron chi connectivity index (χ3n) is 2.53. The number of benzene rings is 2. The third kappa shape index (κ3) is 3.09. The fourth-order valence-electron chi connectivity index (χ4n) is 1.61. The zero-order valence-electron chi connectivity index (χ0n) is 10.2. The normalized spacial score (nSPS) is 10.2. The lowest BCUT2D eigenvalue weighted by Crippen LogP contribution is -2.02. The number of nitro groups is 1. The Hall–Kier alpha value is -2.67. The van der Waals surface area contributed by atoms with Gasteiger partial charge < -0.3 is 9.84 Å². The maximum absolute atomic E-state index is 13.7. The Morgan fingerprint density at radius 3 is 2.67 bits per heavy atom. The van der Waals surface area contributed by atoms with Gasteiger partial charge in [-0.25, -0.2) is 9.18 Å². The van der Waals surface area contributed by atoms with Crippen LogP contribution >= 0.6 is 11.6 Å². The van der Waals surface area contributed by atoms with Crippen molar-refractivity contribution in [3.63, 3.8) is 0 Å². The molecule has 0 heterocycles. The summed E-state index contributed by atoms with van der Waals surface area (Å²) in [6.45, 7) is 0. The Kier molecular flexibility index (Phi) is 4.04. The number of carbonyl (C=O) groups is 1. The summed E-state index contributed by atoms with van der Waals surface area (Å²) >= 11 is 5.68. The molecular formula is C13H7ClFNO5. The van der Waals surface area contributed by atoms with Gasteiger partial charge in [-0.1, -0.05) is 17.7 Å². The molecule has 0 aliphatic rings. The van der Waals surface area contributed by atoms with Crippen LogP contribution in [0.15, 0.2) is 36.4 Å². The molecule has 0 saturated carbocycles. The van der Waals surface area contributed by atoms with Gasteiger partial charge in [-0.3, -0.25) is 10.1 Å². The number of nitrogens with zero attached hydrogens (tertiary/aromatic N) is 1. The first-order valence-corrected chi connectivity index (χ1v) is 5.91. The zero-order valence-corrected chi connectivity index (χ0v) is 11.0. The van der Waals surface area contributed by atoms with E-state index < -0.39 is 28.1 Å². The molecule has 0 fully saturated rings. The Labute approximate surface area is 122 Å². The van der Waals surface area contributed by atoms with Gasteiger partial charge in [0.2, 0.25) is 5.75 Å².